The molecule has 1 atom stereocenters. The predicted octanol–water partition coefficient (Wildman–Crippen LogP) is 4.61. The molecule has 0 aromatic carbocycles. The first-order valence-corrected chi connectivity index (χ1v) is 11.3. The summed E-state index contributed by atoms with van der Waals surface area (Å²) in [5.41, 5.74) is 3.19. The van der Waals surface area contributed by atoms with Gasteiger partial charge in [-0.1, -0.05) is 12.6 Å². The van der Waals surface area contributed by atoms with Crippen LogP contribution in [0.4, 0.5) is 38.1 Å². The number of hydrogen-bond acceptors (Lipinski definition) is 7. The van der Waals surface area contributed by atoms with Crippen LogP contribution in [0.3, 0.4) is 0 Å². The number of nitrogens with zero attached hydrogens (tertiary/aromatic N) is 6. The fourth-order valence-electron chi connectivity index (χ4n) is 3.79. The van der Waals surface area contributed by atoms with Crippen LogP contribution >= 0.6 is 0 Å². The molecule has 1 aliphatic rings. The van der Waals surface area contributed by atoms with Gasteiger partial charge in [-0.25, -0.2) is 9.78 Å². The van der Waals surface area contributed by atoms with E-state index in [1.54, 1.807) is 10.9 Å². The van der Waals surface area contributed by atoms with Crippen LogP contribution in [0.1, 0.15) is 30.1 Å². The van der Waals surface area contributed by atoms with E-state index in [4.69, 9.17) is 9.90 Å². The minimum Gasteiger partial charge on any atom is -0.475 e. The summed E-state index contributed by atoms with van der Waals surface area (Å²) < 4.78 is 71.4. The van der Waals surface area contributed by atoms with Crippen molar-refractivity contribution in [3.63, 3.8) is 0 Å². The van der Waals surface area contributed by atoms with Crippen LogP contribution < -0.4 is 10.2 Å². The Kier molecular flexibility index (Phi) is 8.47. The van der Waals surface area contributed by atoms with E-state index in [0.29, 0.717) is 22.9 Å². The van der Waals surface area contributed by atoms with Crippen LogP contribution in [0.2, 0.25) is 0 Å². The van der Waals surface area contributed by atoms with E-state index < -0.39 is 24.7 Å². The minimum absolute atomic E-state index is 0.0310. The molecule has 4 rings (SSSR count). The maximum Gasteiger partial charge on any atom is 0.490 e. The van der Waals surface area contributed by atoms with Crippen molar-refractivity contribution in [1.82, 2.24) is 24.5 Å². The number of aliphatic carboxylic acids is 1. The van der Waals surface area contributed by atoms with Gasteiger partial charge in [0.2, 0.25) is 5.95 Å². The number of alkyl halides is 6. The third-order valence-electron chi connectivity index (χ3n) is 5.55. The van der Waals surface area contributed by atoms with Crippen molar-refractivity contribution in [2.45, 2.75) is 38.0 Å². The third kappa shape index (κ3) is 7.55. The lowest BCUT2D eigenvalue weighted by atomic mass is 10.0. The summed E-state index contributed by atoms with van der Waals surface area (Å²) in [5, 5.41) is 10.1. The van der Waals surface area contributed by atoms with Gasteiger partial charge in [0.25, 0.3) is 0 Å². The molecule has 9 nitrogen and oxygen atoms in total. The molecular weight excluding hydrogens is 520 g/mol. The van der Waals surface area contributed by atoms with Crippen LogP contribution in [0.5, 0.6) is 0 Å². The summed E-state index contributed by atoms with van der Waals surface area (Å²) in [5.74, 6) is -1.56. The lowest BCUT2D eigenvalue weighted by Gasteiger charge is -2.18. The number of imidazole rings is 1. The van der Waals surface area contributed by atoms with Crippen molar-refractivity contribution >= 4 is 28.9 Å². The number of carboxylic acid groups (broad SMARTS) is 1. The highest BCUT2D eigenvalue weighted by atomic mass is 19.4. The number of carbonyl (C=O) groups is 1. The third-order valence-corrected chi connectivity index (χ3v) is 5.55. The molecule has 1 aliphatic heterocycles. The number of halogens is 6. The Hall–Kier alpha value is -3.91. The van der Waals surface area contributed by atoms with Gasteiger partial charge in [0, 0.05) is 44.0 Å². The number of aromatic nitrogens is 5. The molecule has 3 aromatic heterocycles. The summed E-state index contributed by atoms with van der Waals surface area (Å²) in [7, 11) is 1.82. The van der Waals surface area contributed by atoms with Gasteiger partial charge in [0.1, 0.15) is 0 Å². The van der Waals surface area contributed by atoms with Crippen LogP contribution in [0.25, 0.3) is 11.2 Å². The Morgan fingerprint density at radius 2 is 1.87 bits per heavy atom. The van der Waals surface area contributed by atoms with E-state index in [0.717, 1.165) is 30.9 Å². The molecule has 0 amide bonds. The molecule has 2 N–H and O–H groups in total. The van der Waals surface area contributed by atoms with Crippen molar-refractivity contribution in [2.75, 3.05) is 29.9 Å². The second-order valence-corrected chi connectivity index (χ2v) is 8.73. The lowest BCUT2D eigenvalue weighted by Crippen LogP contribution is -2.23. The second-order valence-electron chi connectivity index (χ2n) is 8.73. The highest BCUT2D eigenvalue weighted by Crippen LogP contribution is 2.31. The molecule has 1 fully saturated rings. The SMILES string of the molecule is C=C(CNc1nc(N2CCC(c3cccc(C)n3)C2)nc2c1ncn2C)CC(F)(F)F.O=C(O)C(F)(F)F. The number of anilines is 2. The average Bonchev–Trinajstić information content (AvgIpc) is 3.44. The highest BCUT2D eigenvalue weighted by Gasteiger charge is 2.38. The Balaban J connectivity index is 0.000000505. The van der Waals surface area contributed by atoms with E-state index in [1.165, 1.54) is 0 Å². The van der Waals surface area contributed by atoms with Gasteiger partial charge in [0.05, 0.1) is 12.7 Å². The van der Waals surface area contributed by atoms with Crippen LogP contribution in [-0.4, -0.2) is 67.6 Å². The molecule has 0 spiro atoms. The molecule has 1 unspecified atom stereocenters. The average molecular weight is 545 g/mol. The van der Waals surface area contributed by atoms with Crippen molar-refractivity contribution < 1.29 is 36.2 Å². The second kappa shape index (κ2) is 11.2. The maximum atomic E-state index is 12.6. The molecule has 3 aromatic rings. The molecule has 0 saturated carbocycles. The minimum atomic E-state index is -5.08. The van der Waals surface area contributed by atoms with Gasteiger partial charge in [-0.05, 0) is 31.1 Å². The number of nitrogens with one attached hydrogen (secondary N) is 1. The molecular formula is C23H25F6N7O2. The van der Waals surface area contributed by atoms with Crippen molar-refractivity contribution in [2.24, 2.45) is 7.05 Å². The fraction of sp³-hybridized carbons (Fsp3) is 0.435. The Morgan fingerprint density at radius 3 is 2.47 bits per heavy atom. The zero-order valence-electron chi connectivity index (χ0n) is 20.4. The largest absolute Gasteiger partial charge is 0.490 e. The molecule has 15 heteroatoms. The summed E-state index contributed by atoms with van der Waals surface area (Å²) in [6.45, 7) is 6.94. The number of rotatable bonds is 6. The zero-order chi connectivity index (χ0) is 28.3. The normalized spacial score (nSPS) is 15.8. The van der Waals surface area contributed by atoms with E-state index in [-0.39, 0.29) is 18.0 Å². The number of carboxylic acids is 1. The zero-order valence-corrected chi connectivity index (χ0v) is 20.4. The van der Waals surface area contributed by atoms with E-state index in [1.807, 2.05) is 32.2 Å². The molecule has 4 heterocycles. The Labute approximate surface area is 213 Å². The number of hydrogen-bond donors (Lipinski definition) is 2. The molecule has 38 heavy (non-hydrogen) atoms. The summed E-state index contributed by atoms with van der Waals surface area (Å²) in [6, 6.07) is 6.01. The topological polar surface area (TPSA) is 109 Å². The van der Waals surface area contributed by atoms with Crippen molar-refractivity contribution in [1.29, 1.82) is 0 Å². The Morgan fingerprint density at radius 1 is 1.18 bits per heavy atom. The molecule has 0 aliphatic carbocycles. The first kappa shape index (κ1) is 28.7. The van der Waals surface area contributed by atoms with Crippen molar-refractivity contribution in [3.8, 4) is 0 Å². The molecule has 0 radical (unpaired) electrons. The van der Waals surface area contributed by atoms with Gasteiger partial charge in [-0.15, -0.1) is 0 Å². The lowest BCUT2D eigenvalue weighted by molar-refractivity contribution is -0.192. The molecule has 1 saturated heterocycles. The fourth-order valence-corrected chi connectivity index (χ4v) is 3.79. The maximum absolute atomic E-state index is 12.6. The van der Waals surface area contributed by atoms with E-state index in [2.05, 4.69) is 36.7 Å². The van der Waals surface area contributed by atoms with Crippen molar-refractivity contribution in [3.05, 3.63) is 48.1 Å². The van der Waals surface area contributed by atoms with Crippen LogP contribution in [-0.2, 0) is 11.8 Å². The summed E-state index contributed by atoms with van der Waals surface area (Å²) in [6.07, 6.45) is -7.87. The quantitative estimate of drug-likeness (QED) is 0.342. The van der Waals surface area contributed by atoms with Gasteiger partial charge in [0.15, 0.2) is 17.0 Å². The monoisotopic (exact) mass is 545 g/mol. The summed E-state index contributed by atoms with van der Waals surface area (Å²) in [4.78, 5) is 29.2. The molecule has 206 valence electrons. The predicted molar refractivity (Wildman–Crippen MR) is 127 cm³/mol. The highest BCUT2D eigenvalue weighted by molar-refractivity contribution is 5.84. The first-order chi connectivity index (χ1) is 17.6. The van der Waals surface area contributed by atoms with Gasteiger partial charge in [-0.2, -0.15) is 36.3 Å². The summed E-state index contributed by atoms with van der Waals surface area (Å²) >= 11 is 0. The number of pyridine rings is 1. The van der Waals surface area contributed by atoms with Gasteiger partial charge in [-0.3, -0.25) is 4.98 Å². The first-order valence-electron chi connectivity index (χ1n) is 11.3. The van der Waals surface area contributed by atoms with E-state index in [9.17, 15) is 26.3 Å². The van der Waals surface area contributed by atoms with E-state index >= 15 is 0 Å². The van der Waals surface area contributed by atoms with Gasteiger partial charge < -0.3 is 19.9 Å². The number of fused-ring (bicyclic) bond motifs is 1. The van der Waals surface area contributed by atoms with Gasteiger partial charge >= 0.3 is 18.3 Å². The number of aryl methyl sites for hydroxylation is 2. The van der Waals surface area contributed by atoms with Crippen LogP contribution in [0.15, 0.2) is 36.7 Å². The smallest absolute Gasteiger partial charge is 0.475 e. The molecule has 0 bridgehead atoms. The Bertz CT molecular complexity index is 1310. The standard InChI is InChI=1S/C21H24F3N7.C2HF3O2/c1-13(9-21(22,23)24)10-25-18-17-19(30(3)12-26-17)29-20(28-18)31-8-7-15(11-31)16-6-4-5-14(2)27-16;3-2(4,5)1(6)7/h4-6,12,15H,1,7-11H2,2-3H3,(H,25,28,29);(H,6,7). The van der Waals surface area contributed by atoms with Crippen LogP contribution in [0, 0.1) is 6.92 Å².